The van der Waals surface area contributed by atoms with Gasteiger partial charge in [0.2, 0.25) is 0 Å². The van der Waals surface area contributed by atoms with E-state index in [0.717, 1.165) is 49.9 Å². The van der Waals surface area contributed by atoms with Gasteiger partial charge in [-0.1, -0.05) is 6.92 Å². The molecule has 5 aliphatic rings. The predicted octanol–water partition coefficient (Wildman–Crippen LogP) is 3.31. The van der Waals surface area contributed by atoms with Crippen LogP contribution >= 0.6 is 0 Å². The fourth-order valence-electron chi connectivity index (χ4n) is 6.68. The Morgan fingerprint density at radius 2 is 1.78 bits per heavy atom. The quantitative estimate of drug-likeness (QED) is 0.814. The van der Waals surface area contributed by atoms with Crippen LogP contribution < -0.4 is 0 Å². The summed E-state index contributed by atoms with van der Waals surface area (Å²) in [5.74, 6) is 3.75. The molecule has 3 heteroatoms. The fourth-order valence-corrected chi connectivity index (χ4v) is 6.68. The Morgan fingerprint density at radius 3 is 2.39 bits per heavy atom. The first-order chi connectivity index (χ1) is 11.1. The number of aliphatic hydroxyl groups is 1. The zero-order valence-corrected chi connectivity index (χ0v) is 14.9. The van der Waals surface area contributed by atoms with Gasteiger partial charge in [0.1, 0.15) is 0 Å². The standard InChI is InChI=1S/C20H35NO2/c1-15-3-2-4-21(11-15)12-19(22)13-23-14-20-8-16-5-17(9-20)7-18(6-16)10-20/h15-19,22H,2-14H2,1H3/t15-,16?,17?,18?,19-,20?/m1/s1. The molecule has 1 N–H and O–H groups in total. The maximum absolute atomic E-state index is 10.3. The van der Waals surface area contributed by atoms with Crippen molar-refractivity contribution in [1.29, 1.82) is 0 Å². The fraction of sp³-hybridized carbons (Fsp3) is 1.00. The Bertz CT molecular complexity index is 375. The maximum atomic E-state index is 10.3. The molecule has 0 aromatic carbocycles. The van der Waals surface area contributed by atoms with E-state index in [9.17, 15) is 5.11 Å². The van der Waals surface area contributed by atoms with E-state index in [-0.39, 0.29) is 6.10 Å². The molecule has 4 saturated carbocycles. The van der Waals surface area contributed by atoms with Gasteiger partial charge in [-0.2, -0.15) is 0 Å². The lowest BCUT2D eigenvalue weighted by molar-refractivity contribution is -0.107. The van der Waals surface area contributed by atoms with Crippen LogP contribution in [-0.4, -0.2) is 49.0 Å². The van der Waals surface area contributed by atoms with Crippen LogP contribution in [-0.2, 0) is 4.74 Å². The first-order valence-electron chi connectivity index (χ1n) is 10.1. The molecule has 1 saturated heterocycles. The monoisotopic (exact) mass is 321 g/mol. The summed E-state index contributed by atoms with van der Waals surface area (Å²) in [7, 11) is 0. The minimum atomic E-state index is -0.311. The third-order valence-electron chi connectivity index (χ3n) is 7.09. The van der Waals surface area contributed by atoms with Crippen LogP contribution in [0.2, 0.25) is 0 Å². The second-order valence-corrected chi connectivity index (χ2v) is 9.59. The molecule has 4 aliphatic carbocycles. The van der Waals surface area contributed by atoms with Crippen molar-refractivity contribution in [2.75, 3.05) is 32.8 Å². The van der Waals surface area contributed by atoms with Crippen molar-refractivity contribution in [1.82, 2.24) is 4.90 Å². The highest BCUT2D eigenvalue weighted by Gasteiger charge is 2.50. The van der Waals surface area contributed by atoms with E-state index in [0.29, 0.717) is 12.0 Å². The zero-order chi connectivity index (χ0) is 15.9. The molecular weight excluding hydrogens is 286 g/mol. The molecule has 0 aromatic rings. The van der Waals surface area contributed by atoms with Gasteiger partial charge in [-0.15, -0.1) is 0 Å². The number of hydrogen-bond acceptors (Lipinski definition) is 3. The average molecular weight is 322 g/mol. The lowest BCUT2D eigenvalue weighted by atomic mass is 9.50. The number of nitrogens with zero attached hydrogens (tertiary/aromatic N) is 1. The zero-order valence-electron chi connectivity index (χ0n) is 14.9. The molecule has 3 nitrogen and oxygen atoms in total. The Kier molecular flexibility index (Phi) is 4.73. The van der Waals surface area contributed by atoms with Crippen LogP contribution in [0.1, 0.15) is 58.3 Å². The number of ether oxygens (including phenoxy) is 1. The molecule has 5 rings (SSSR count). The van der Waals surface area contributed by atoms with E-state index in [1.807, 2.05) is 0 Å². The first-order valence-corrected chi connectivity index (χ1v) is 10.1. The number of aliphatic hydroxyl groups excluding tert-OH is 1. The van der Waals surface area contributed by atoms with Crippen LogP contribution in [0.5, 0.6) is 0 Å². The third kappa shape index (κ3) is 3.77. The van der Waals surface area contributed by atoms with Crippen LogP contribution in [0.3, 0.4) is 0 Å². The van der Waals surface area contributed by atoms with Gasteiger partial charge < -0.3 is 14.7 Å². The smallest absolute Gasteiger partial charge is 0.0900 e. The first kappa shape index (κ1) is 16.4. The van der Waals surface area contributed by atoms with E-state index < -0.39 is 0 Å². The topological polar surface area (TPSA) is 32.7 Å². The molecule has 0 radical (unpaired) electrons. The van der Waals surface area contributed by atoms with Crippen LogP contribution in [0.4, 0.5) is 0 Å². The number of likely N-dealkylation sites (tertiary alicyclic amines) is 1. The normalized spacial score (nSPS) is 44.6. The highest BCUT2D eigenvalue weighted by atomic mass is 16.5. The predicted molar refractivity (Wildman–Crippen MR) is 92.3 cm³/mol. The van der Waals surface area contributed by atoms with E-state index in [1.165, 1.54) is 51.4 Å². The highest BCUT2D eigenvalue weighted by Crippen LogP contribution is 2.60. The second-order valence-electron chi connectivity index (χ2n) is 9.59. The molecule has 1 aliphatic heterocycles. The molecule has 0 amide bonds. The molecule has 1 heterocycles. The number of piperidine rings is 1. The third-order valence-corrected chi connectivity index (χ3v) is 7.09. The summed E-state index contributed by atoms with van der Waals surface area (Å²) in [5, 5.41) is 10.3. The summed E-state index contributed by atoms with van der Waals surface area (Å²) in [6.07, 6.45) is 11.0. The second kappa shape index (κ2) is 6.65. The van der Waals surface area contributed by atoms with Gasteiger partial charge in [0.15, 0.2) is 0 Å². The van der Waals surface area contributed by atoms with E-state index >= 15 is 0 Å². The lowest BCUT2D eigenvalue weighted by Crippen LogP contribution is -2.48. The summed E-state index contributed by atoms with van der Waals surface area (Å²) in [5.41, 5.74) is 0.480. The summed E-state index contributed by atoms with van der Waals surface area (Å²) in [6, 6.07) is 0. The van der Waals surface area contributed by atoms with Gasteiger partial charge in [0, 0.05) is 13.1 Å². The van der Waals surface area contributed by atoms with Gasteiger partial charge in [-0.05, 0) is 87.0 Å². The van der Waals surface area contributed by atoms with Gasteiger partial charge in [-0.3, -0.25) is 0 Å². The molecule has 5 fully saturated rings. The minimum absolute atomic E-state index is 0.311. The molecule has 0 unspecified atom stereocenters. The van der Waals surface area contributed by atoms with Crippen molar-refractivity contribution >= 4 is 0 Å². The SMILES string of the molecule is C[C@@H]1CCCN(C[C@@H](O)COCC23CC4CC(CC(C4)C2)C3)C1. The molecule has 4 bridgehead atoms. The Morgan fingerprint density at radius 1 is 1.13 bits per heavy atom. The highest BCUT2D eigenvalue weighted by molar-refractivity contribution is 5.01. The molecule has 0 spiro atoms. The molecule has 2 atom stereocenters. The van der Waals surface area contributed by atoms with Crippen molar-refractivity contribution < 1.29 is 9.84 Å². The van der Waals surface area contributed by atoms with Gasteiger partial charge >= 0.3 is 0 Å². The van der Waals surface area contributed by atoms with Crippen molar-refractivity contribution in [2.24, 2.45) is 29.1 Å². The molecular formula is C20H35NO2. The summed E-state index contributed by atoms with van der Waals surface area (Å²) < 4.78 is 6.07. The van der Waals surface area contributed by atoms with Gasteiger partial charge in [0.25, 0.3) is 0 Å². The largest absolute Gasteiger partial charge is 0.389 e. The van der Waals surface area contributed by atoms with E-state index in [2.05, 4.69) is 11.8 Å². The van der Waals surface area contributed by atoms with Crippen LogP contribution in [0, 0.1) is 29.1 Å². The van der Waals surface area contributed by atoms with Crippen molar-refractivity contribution in [3.8, 4) is 0 Å². The number of rotatable bonds is 6. The van der Waals surface area contributed by atoms with Crippen molar-refractivity contribution in [2.45, 2.75) is 64.4 Å². The average Bonchev–Trinajstić information content (AvgIpc) is 2.45. The van der Waals surface area contributed by atoms with E-state index in [4.69, 9.17) is 4.74 Å². The Hall–Kier alpha value is -0.120. The van der Waals surface area contributed by atoms with Crippen molar-refractivity contribution in [3.05, 3.63) is 0 Å². The number of β-amino-alcohol motifs (C(OH)–C–C–N with tert-alkyl or cyclic N) is 1. The maximum Gasteiger partial charge on any atom is 0.0900 e. The van der Waals surface area contributed by atoms with Crippen LogP contribution in [0.15, 0.2) is 0 Å². The number of hydrogen-bond donors (Lipinski definition) is 1. The van der Waals surface area contributed by atoms with Gasteiger partial charge in [0.05, 0.1) is 19.3 Å². The lowest BCUT2D eigenvalue weighted by Gasteiger charge is -2.56. The Balaban J connectivity index is 1.21. The van der Waals surface area contributed by atoms with E-state index in [1.54, 1.807) is 0 Å². The molecule has 132 valence electrons. The molecule has 0 aromatic heterocycles. The summed E-state index contributed by atoms with van der Waals surface area (Å²) >= 11 is 0. The van der Waals surface area contributed by atoms with Crippen LogP contribution in [0.25, 0.3) is 0 Å². The summed E-state index contributed by atoms with van der Waals surface area (Å²) in [6.45, 7) is 6.85. The molecule has 23 heavy (non-hydrogen) atoms. The minimum Gasteiger partial charge on any atom is -0.389 e. The Labute approximate surface area is 141 Å². The van der Waals surface area contributed by atoms with Gasteiger partial charge in [-0.25, -0.2) is 0 Å². The summed E-state index contributed by atoms with van der Waals surface area (Å²) in [4.78, 5) is 2.42. The van der Waals surface area contributed by atoms with Crippen molar-refractivity contribution in [3.63, 3.8) is 0 Å².